The zero-order chi connectivity index (χ0) is 15.0. The molecule has 0 heterocycles. The van der Waals surface area contributed by atoms with Gasteiger partial charge < -0.3 is 25.3 Å². The van der Waals surface area contributed by atoms with Crippen molar-refractivity contribution in [1.29, 1.82) is 0 Å². The fourth-order valence-electron chi connectivity index (χ4n) is 1.52. The minimum Gasteiger partial charge on any atom is -0.497 e. The van der Waals surface area contributed by atoms with Crippen molar-refractivity contribution in [2.24, 2.45) is 0 Å². The average Bonchev–Trinajstić information content (AvgIpc) is 2.45. The second-order valence-corrected chi connectivity index (χ2v) is 4.28. The Morgan fingerprint density at radius 3 is 2.80 bits per heavy atom. The quantitative estimate of drug-likeness (QED) is 0.708. The van der Waals surface area contributed by atoms with Crippen LogP contribution in [0.1, 0.15) is 13.8 Å². The molecule has 1 atom stereocenters. The first-order valence-electron chi connectivity index (χ1n) is 6.49. The van der Waals surface area contributed by atoms with Gasteiger partial charge in [-0.15, -0.1) is 0 Å². The van der Waals surface area contributed by atoms with Crippen molar-refractivity contribution < 1.29 is 19.0 Å². The minimum absolute atomic E-state index is 0.0420. The summed E-state index contributed by atoms with van der Waals surface area (Å²) in [5.74, 6) is 0.382. The number of nitrogens with one attached hydrogen (secondary N) is 1. The van der Waals surface area contributed by atoms with Gasteiger partial charge >= 0.3 is 0 Å². The van der Waals surface area contributed by atoms with Crippen LogP contribution in [0.15, 0.2) is 18.2 Å². The van der Waals surface area contributed by atoms with Crippen molar-refractivity contribution in [3.8, 4) is 5.75 Å². The summed E-state index contributed by atoms with van der Waals surface area (Å²) < 4.78 is 15.6. The highest BCUT2D eigenvalue weighted by atomic mass is 16.5. The standard InChI is InChI=1S/C14H22N2O4/c1-4-19-8-10(2)20-9-14(17)16-13-6-5-11(18-3)7-12(13)15/h5-7,10H,4,8-9,15H2,1-3H3,(H,16,17). The smallest absolute Gasteiger partial charge is 0.250 e. The number of hydrogen-bond donors (Lipinski definition) is 2. The van der Waals surface area contributed by atoms with Gasteiger partial charge in [0.1, 0.15) is 12.4 Å². The highest BCUT2D eigenvalue weighted by Gasteiger charge is 2.09. The maximum atomic E-state index is 11.7. The Labute approximate surface area is 119 Å². The van der Waals surface area contributed by atoms with Crippen molar-refractivity contribution in [3.63, 3.8) is 0 Å². The normalized spacial score (nSPS) is 11.9. The summed E-state index contributed by atoms with van der Waals surface area (Å²) in [5.41, 5.74) is 6.79. The number of carbonyl (C=O) groups excluding carboxylic acids is 1. The Morgan fingerprint density at radius 2 is 2.20 bits per heavy atom. The van der Waals surface area contributed by atoms with Crippen molar-refractivity contribution >= 4 is 17.3 Å². The molecule has 1 amide bonds. The fraction of sp³-hybridized carbons (Fsp3) is 0.500. The lowest BCUT2D eigenvalue weighted by atomic mass is 10.2. The summed E-state index contributed by atoms with van der Waals surface area (Å²) in [6, 6.07) is 5.06. The van der Waals surface area contributed by atoms with Crippen LogP contribution in [0, 0.1) is 0 Å². The van der Waals surface area contributed by atoms with Crippen LogP contribution in [-0.4, -0.2) is 38.9 Å². The Bertz CT molecular complexity index is 437. The van der Waals surface area contributed by atoms with Crippen molar-refractivity contribution in [2.45, 2.75) is 20.0 Å². The molecule has 0 spiro atoms. The molecule has 6 heteroatoms. The molecular formula is C14H22N2O4. The maximum Gasteiger partial charge on any atom is 0.250 e. The number of methoxy groups -OCH3 is 1. The highest BCUT2D eigenvalue weighted by Crippen LogP contribution is 2.23. The van der Waals surface area contributed by atoms with Gasteiger partial charge in [0.15, 0.2) is 0 Å². The largest absolute Gasteiger partial charge is 0.497 e. The van der Waals surface area contributed by atoms with Crippen LogP contribution in [0.3, 0.4) is 0 Å². The molecule has 1 unspecified atom stereocenters. The molecule has 0 bridgehead atoms. The number of nitrogen functional groups attached to an aromatic ring is 1. The van der Waals surface area contributed by atoms with Crippen LogP contribution >= 0.6 is 0 Å². The van der Waals surface area contributed by atoms with E-state index in [1.54, 1.807) is 25.3 Å². The predicted octanol–water partition coefficient (Wildman–Crippen LogP) is 1.66. The molecule has 0 aliphatic rings. The van der Waals surface area contributed by atoms with Gasteiger partial charge in [-0.05, 0) is 26.0 Å². The molecule has 0 aliphatic carbocycles. The van der Waals surface area contributed by atoms with Crippen LogP contribution in [0.5, 0.6) is 5.75 Å². The highest BCUT2D eigenvalue weighted by molar-refractivity contribution is 5.94. The van der Waals surface area contributed by atoms with Gasteiger partial charge in [0.25, 0.3) is 0 Å². The predicted molar refractivity (Wildman–Crippen MR) is 77.9 cm³/mol. The van der Waals surface area contributed by atoms with Gasteiger partial charge in [-0.3, -0.25) is 4.79 Å². The molecule has 112 valence electrons. The molecule has 0 saturated carbocycles. The number of anilines is 2. The van der Waals surface area contributed by atoms with Gasteiger partial charge in [0, 0.05) is 12.7 Å². The zero-order valence-corrected chi connectivity index (χ0v) is 12.1. The molecule has 0 saturated heterocycles. The van der Waals surface area contributed by atoms with E-state index in [9.17, 15) is 4.79 Å². The van der Waals surface area contributed by atoms with Gasteiger partial charge in [0.2, 0.25) is 5.91 Å². The Balaban J connectivity index is 2.42. The third-order valence-electron chi connectivity index (χ3n) is 2.59. The van der Waals surface area contributed by atoms with Crippen molar-refractivity contribution in [2.75, 3.05) is 38.0 Å². The van der Waals surface area contributed by atoms with Gasteiger partial charge in [-0.2, -0.15) is 0 Å². The number of rotatable bonds is 8. The van der Waals surface area contributed by atoms with E-state index >= 15 is 0 Å². The fourth-order valence-corrected chi connectivity index (χ4v) is 1.52. The lowest BCUT2D eigenvalue weighted by Crippen LogP contribution is -2.24. The first kappa shape index (κ1) is 16.3. The molecule has 0 radical (unpaired) electrons. The first-order valence-corrected chi connectivity index (χ1v) is 6.49. The van der Waals surface area contributed by atoms with E-state index in [0.717, 1.165) is 0 Å². The molecule has 3 N–H and O–H groups in total. The monoisotopic (exact) mass is 282 g/mol. The topological polar surface area (TPSA) is 82.8 Å². The zero-order valence-electron chi connectivity index (χ0n) is 12.1. The summed E-state index contributed by atoms with van der Waals surface area (Å²) in [5, 5.41) is 2.69. The minimum atomic E-state index is -0.259. The molecule has 20 heavy (non-hydrogen) atoms. The number of amides is 1. The van der Waals surface area contributed by atoms with Crippen LogP contribution < -0.4 is 15.8 Å². The van der Waals surface area contributed by atoms with E-state index in [2.05, 4.69) is 5.32 Å². The maximum absolute atomic E-state index is 11.7. The lowest BCUT2D eigenvalue weighted by molar-refractivity contribution is -0.123. The van der Waals surface area contributed by atoms with Gasteiger partial charge in [-0.1, -0.05) is 0 Å². The van der Waals surface area contributed by atoms with Crippen molar-refractivity contribution in [3.05, 3.63) is 18.2 Å². The molecule has 1 rings (SSSR count). The van der Waals surface area contributed by atoms with E-state index in [4.69, 9.17) is 19.9 Å². The summed E-state index contributed by atoms with van der Waals surface area (Å²) in [6.07, 6.45) is -0.131. The van der Waals surface area contributed by atoms with E-state index in [1.807, 2.05) is 13.8 Å². The number of benzene rings is 1. The summed E-state index contributed by atoms with van der Waals surface area (Å²) in [6.45, 7) is 4.81. The number of ether oxygens (including phenoxy) is 3. The number of carbonyl (C=O) groups is 1. The van der Waals surface area contributed by atoms with Crippen LogP contribution in [0.4, 0.5) is 11.4 Å². The lowest BCUT2D eigenvalue weighted by Gasteiger charge is -2.13. The Morgan fingerprint density at radius 1 is 1.45 bits per heavy atom. The van der Waals surface area contributed by atoms with Gasteiger partial charge in [0.05, 0.1) is 31.2 Å². The van der Waals surface area contributed by atoms with E-state index in [1.165, 1.54) is 0 Å². The van der Waals surface area contributed by atoms with Crippen LogP contribution in [0.2, 0.25) is 0 Å². The molecule has 0 aliphatic heterocycles. The summed E-state index contributed by atoms with van der Waals surface area (Å²) in [4.78, 5) is 11.7. The average molecular weight is 282 g/mol. The van der Waals surface area contributed by atoms with E-state index < -0.39 is 0 Å². The molecule has 0 aromatic heterocycles. The third kappa shape index (κ3) is 5.46. The summed E-state index contributed by atoms with van der Waals surface area (Å²) in [7, 11) is 1.56. The van der Waals surface area contributed by atoms with Crippen LogP contribution in [-0.2, 0) is 14.3 Å². The van der Waals surface area contributed by atoms with E-state index in [0.29, 0.717) is 30.3 Å². The molecular weight excluding hydrogens is 260 g/mol. The number of hydrogen-bond acceptors (Lipinski definition) is 5. The second kappa shape index (κ2) is 8.39. The molecule has 6 nitrogen and oxygen atoms in total. The second-order valence-electron chi connectivity index (χ2n) is 4.28. The van der Waals surface area contributed by atoms with Gasteiger partial charge in [-0.25, -0.2) is 0 Å². The summed E-state index contributed by atoms with van der Waals surface area (Å²) >= 11 is 0. The molecule has 1 aromatic carbocycles. The number of nitrogens with two attached hydrogens (primary N) is 1. The first-order chi connectivity index (χ1) is 9.56. The van der Waals surface area contributed by atoms with Crippen LogP contribution in [0.25, 0.3) is 0 Å². The van der Waals surface area contributed by atoms with Crippen molar-refractivity contribution in [1.82, 2.24) is 0 Å². The molecule has 1 aromatic rings. The van der Waals surface area contributed by atoms with E-state index in [-0.39, 0.29) is 18.6 Å². The Hall–Kier alpha value is -1.79. The Kier molecular flexibility index (Phi) is 6.83. The third-order valence-corrected chi connectivity index (χ3v) is 2.59. The SMILES string of the molecule is CCOCC(C)OCC(=O)Nc1ccc(OC)cc1N. The molecule has 0 fully saturated rings.